The first-order valence-corrected chi connectivity index (χ1v) is 6.34. The number of anilines is 2. The maximum Gasteiger partial charge on any atom is 0.258 e. The van der Waals surface area contributed by atoms with E-state index in [9.17, 15) is 5.11 Å². The van der Waals surface area contributed by atoms with Crippen molar-refractivity contribution >= 4 is 11.9 Å². The van der Waals surface area contributed by atoms with Gasteiger partial charge < -0.3 is 14.7 Å². The molecular weight excluding hydrogens is 278 g/mol. The number of nitrogen functional groups attached to an aromatic ring is 1. The van der Waals surface area contributed by atoms with E-state index >= 15 is 0 Å². The topological polar surface area (TPSA) is 140 Å². The first kappa shape index (κ1) is 13.6. The van der Waals surface area contributed by atoms with Crippen LogP contribution in [0, 0.1) is 0 Å². The third kappa shape index (κ3) is 2.74. The van der Waals surface area contributed by atoms with Crippen LogP contribution in [0.2, 0.25) is 0 Å². The second-order valence-corrected chi connectivity index (χ2v) is 4.35. The lowest BCUT2D eigenvalue weighted by Gasteiger charge is -2.34. The largest absolute Gasteiger partial charge is 0.394 e. The predicted molar refractivity (Wildman–Crippen MR) is 71.6 cm³/mol. The van der Waals surface area contributed by atoms with Gasteiger partial charge in [0.1, 0.15) is 12.7 Å². The molecule has 112 valence electrons. The lowest BCUT2D eigenvalue weighted by atomic mass is 10.2. The fraction of sp³-hybridized carbons (Fsp3) is 0.500. The van der Waals surface area contributed by atoms with Crippen molar-refractivity contribution < 1.29 is 9.84 Å². The third-order valence-corrected chi connectivity index (χ3v) is 3.06. The Hall–Kier alpha value is -2.37. The van der Waals surface area contributed by atoms with Crippen LogP contribution in [0.5, 0.6) is 0 Å². The van der Waals surface area contributed by atoms with Crippen molar-refractivity contribution in [3.05, 3.63) is 12.7 Å². The van der Waals surface area contributed by atoms with Gasteiger partial charge in [0.15, 0.2) is 0 Å². The van der Waals surface area contributed by atoms with Gasteiger partial charge in [-0.25, -0.2) is 10.8 Å². The molecule has 1 fully saturated rings. The number of ether oxygens (including phenoxy) is 1. The van der Waals surface area contributed by atoms with Gasteiger partial charge in [-0.15, -0.1) is 0 Å². The Bertz CT molecular complexity index is 590. The van der Waals surface area contributed by atoms with Crippen LogP contribution in [0.15, 0.2) is 12.7 Å². The van der Waals surface area contributed by atoms with E-state index in [1.807, 2.05) is 4.90 Å². The average Bonchev–Trinajstić information content (AvgIpc) is 3.09. The molecule has 0 aliphatic carbocycles. The summed E-state index contributed by atoms with van der Waals surface area (Å²) in [6.07, 6.45) is 2.85. The molecule has 0 saturated carbocycles. The standard InChI is InChI=1S/C10H15N9O2/c11-17-8-14-9(18-1-2-21-4-7(18)3-20)16-10(15-8)19-6-12-5-13-19/h5-7,20H,1-4,11H2,(H,14,15,16,17). The van der Waals surface area contributed by atoms with E-state index in [4.69, 9.17) is 10.6 Å². The molecule has 0 spiro atoms. The van der Waals surface area contributed by atoms with Crippen LogP contribution in [0.4, 0.5) is 11.9 Å². The number of rotatable bonds is 4. The van der Waals surface area contributed by atoms with Gasteiger partial charge in [0.25, 0.3) is 5.95 Å². The Morgan fingerprint density at radius 3 is 2.95 bits per heavy atom. The maximum absolute atomic E-state index is 9.44. The number of hydrazine groups is 1. The minimum atomic E-state index is -0.213. The summed E-state index contributed by atoms with van der Waals surface area (Å²) in [5.41, 5.74) is 2.40. The zero-order valence-electron chi connectivity index (χ0n) is 11.1. The van der Waals surface area contributed by atoms with E-state index in [0.717, 1.165) is 0 Å². The molecule has 1 unspecified atom stereocenters. The zero-order chi connectivity index (χ0) is 14.7. The number of nitrogens with two attached hydrogens (primary N) is 1. The van der Waals surface area contributed by atoms with Crippen molar-refractivity contribution in [2.75, 3.05) is 36.7 Å². The van der Waals surface area contributed by atoms with Crippen LogP contribution >= 0.6 is 0 Å². The number of hydrogen-bond acceptors (Lipinski definition) is 10. The summed E-state index contributed by atoms with van der Waals surface area (Å²) < 4.78 is 6.75. The summed E-state index contributed by atoms with van der Waals surface area (Å²) >= 11 is 0. The van der Waals surface area contributed by atoms with E-state index in [2.05, 4.69) is 30.5 Å². The first-order valence-electron chi connectivity index (χ1n) is 6.34. The van der Waals surface area contributed by atoms with Gasteiger partial charge in [-0.05, 0) is 0 Å². The zero-order valence-corrected chi connectivity index (χ0v) is 11.1. The van der Waals surface area contributed by atoms with E-state index in [0.29, 0.717) is 25.7 Å². The number of nitrogens with zero attached hydrogens (tertiary/aromatic N) is 7. The highest BCUT2D eigenvalue weighted by Gasteiger charge is 2.26. The summed E-state index contributed by atoms with van der Waals surface area (Å²) in [7, 11) is 0. The van der Waals surface area contributed by atoms with Crippen molar-refractivity contribution in [2.24, 2.45) is 5.84 Å². The summed E-state index contributed by atoms with van der Waals surface area (Å²) in [5, 5.41) is 13.4. The number of aliphatic hydroxyl groups excluding tert-OH is 1. The van der Waals surface area contributed by atoms with Gasteiger partial charge >= 0.3 is 0 Å². The van der Waals surface area contributed by atoms with Gasteiger partial charge in [-0.3, -0.25) is 5.43 Å². The normalized spacial score (nSPS) is 18.8. The Balaban J connectivity index is 1.99. The van der Waals surface area contributed by atoms with Gasteiger partial charge in [-0.1, -0.05) is 0 Å². The number of morpholine rings is 1. The van der Waals surface area contributed by atoms with E-state index in [1.54, 1.807) is 0 Å². The third-order valence-electron chi connectivity index (χ3n) is 3.06. The van der Waals surface area contributed by atoms with Crippen LogP contribution in [-0.2, 0) is 4.74 Å². The number of aromatic nitrogens is 6. The molecule has 21 heavy (non-hydrogen) atoms. The second kappa shape index (κ2) is 5.95. The van der Waals surface area contributed by atoms with E-state index in [1.165, 1.54) is 17.3 Å². The molecule has 0 radical (unpaired) electrons. The summed E-state index contributed by atoms with van der Waals surface area (Å²) in [4.78, 5) is 18.4. The van der Waals surface area contributed by atoms with Crippen LogP contribution in [0.1, 0.15) is 0 Å². The minimum Gasteiger partial charge on any atom is -0.394 e. The van der Waals surface area contributed by atoms with Crippen LogP contribution in [0.25, 0.3) is 5.95 Å². The molecule has 1 aliphatic rings. The summed E-state index contributed by atoms with van der Waals surface area (Å²) in [6, 6.07) is -0.213. The van der Waals surface area contributed by atoms with E-state index in [-0.39, 0.29) is 24.5 Å². The summed E-state index contributed by atoms with van der Waals surface area (Å²) in [6.45, 7) is 1.45. The molecule has 11 nitrogen and oxygen atoms in total. The van der Waals surface area contributed by atoms with Gasteiger partial charge in [0, 0.05) is 6.54 Å². The Labute approximate surface area is 119 Å². The van der Waals surface area contributed by atoms with E-state index < -0.39 is 0 Å². The van der Waals surface area contributed by atoms with Gasteiger partial charge in [-0.2, -0.15) is 24.7 Å². The molecule has 2 aromatic rings. The highest BCUT2D eigenvalue weighted by Crippen LogP contribution is 2.17. The summed E-state index contributed by atoms with van der Waals surface area (Å²) in [5.74, 6) is 6.28. The quantitative estimate of drug-likeness (QED) is 0.425. The molecule has 1 atom stereocenters. The fourth-order valence-corrected chi connectivity index (χ4v) is 2.03. The molecular formula is C10H15N9O2. The molecule has 1 aliphatic heterocycles. The Kier molecular flexibility index (Phi) is 3.85. The molecule has 0 bridgehead atoms. The fourth-order valence-electron chi connectivity index (χ4n) is 2.03. The Morgan fingerprint density at radius 2 is 2.24 bits per heavy atom. The lowest BCUT2D eigenvalue weighted by molar-refractivity contribution is 0.0718. The van der Waals surface area contributed by atoms with Crippen LogP contribution in [0.3, 0.4) is 0 Å². The van der Waals surface area contributed by atoms with Crippen LogP contribution < -0.4 is 16.2 Å². The molecule has 11 heteroatoms. The molecule has 3 heterocycles. The highest BCUT2D eigenvalue weighted by molar-refractivity contribution is 5.40. The minimum absolute atomic E-state index is 0.0598. The predicted octanol–water partition coefficient (Wildman–Crippen LogP) is -2.06. The number of hydrogen-bond donors (Lipinski definition) is 3. The molecule has 1 saturated heterocycles. The lowest BCUT2D eigenvalue weighted by Crippen LogP contribution is -2.48. The van der Waals surface area contributed by atoms with Gasteiger partial charge in [0.05, 0.1) is 25.9 Å². The molecule has 2 aromatic heterocycles. The first-order chi connectivity index (χ1) is 10.3. The van der Waals surface area contributed by atoms with Crippen molar-refractivity contribution in [3.8, 4) is 5.95 Å². The highest BCUT2D eigenvalue weighted by atomic mass is 16.5. The number of aliphatic hydroxyl groups is 1. The van der Waals surface area contributed by atoms with Crippen molar-refractivity contribution in [2.45, 2.75) is 6.04 Å². The smallest absolute Gasteiger partial charge is 0.258 e. The van der Waals surface area contributed by atoms with Crippen molar-refractivity contribution in [3.63, 3.8) is 0 Å². The molecule has 4 N–H and O–H groups in total. The average molecular weight is 293 g/mol. The molecule has 3 rings (SSSR count). The number of nitrogens with one attached hydrogen (secondary N) is 1. The second-order valence-electron chi connectivity index (χ2n) is 4.35. The molecule has 0 aromatic carbocycles. The van der Waals surface area contributed by atoms with Crippen molar-refractivity contribution in [1.29, 1.82) is 0 Å². The van der Waals surface area contributed by atoms with Crippen LogP contribution in [-0.4, -0.2) is 67.2 Å². The van der Waals surface area contributed by atoms with Gasteiger partial charge in [0.2, 0.25) is 11.9 Å². The molecule has 0 amide bonds. The van der Waals surface area contributed by atoms with Crippen molar-refractivity contribution in [1.82, 2.24) is 29.7 Å². The maximum atomic E-state index is 9.44. The monoisotopic (exact) mass is 293 g/mol. The Morgan fingerprint density at radius 1 is 1.38 bits per heavy atom. The SMILES string of the molecule is NNc1nc(N2CCOCC2CO)nc(-n2cncn2)n1.